The van der Waals surface area contributed by atoms with Gasteiger partial charge in [-0.3, -0.25) is 9.55 Å². The summed E-state index contributed by atoms with van der Waals surface area (Å²) in [6.45, 7) is -1.36. The molecule has 3 aromatic rings. The zero-order valence-electron chi connectivity index (χ0n) is 16.8. The number of rotatable bonds is 10. The summed E-state index contributed by atoms with van der Waals surface area (Å²) in [5.74, 6) is -1.48. The summed E-state index contributed by atoms with van der Waals surface area (Å²) in [6, 6.07) is 6.23. The standard InChI is InChI=1S/C20H21Cl2N3O7/c21-12-2-3-13(24-8-12)9-31-16-7-17-15(6-14(16)22)25(19(29)32-17)10-20(23,11-27)18(28)30-5-1-4-26/h2-3,6-8,26-27H,1,4-5,9-11,23H2. The molecule has 32 heavy (non-hydrogen) atoms. The molecule has 0 saturated heterocycles. The minimum Gasteiger partial charge on any atom is -0.486 e. The van der Waals surface area contributed by atoms with Gasteiger partial charge in [-0.15, -0.1) is 0 Å². The number of carbonyl (C=O) groups is 1. The monoisotopic (exact) mass is 485 g/mol. The Labute approximate surface area is 192 Å². The maximum Gasteiger partial charge on any atom is 0.420 e. The van der Waals surface area contributed by atoms with E-state index in [9.17, 15) is 14.7 Å². The van der Waals surface area contributed by atoms with Crippen molar-refractivity contribution in [3.63, 3.8) is 0 Å². The average Bonchev–Trinajstić information content (AvgIpc) is 3.07. The fraction of sp³-hybridized carbons (Fsp3) is 0.350. The summed E-state index contributed by atoms with van der Waals surface area (Å²) in [7, 11) is 0. The van der Waals surface area contributed by atoms with Gasteiger partial charge in [0.05, 0.1) is 41.0 Å². The highest BCUT2D eigenvalue weighted by Gasteiger charge is 2.37. The van der Waals surface area contributed by atoms with Gasteiger partial charge in [0.25, 0.3) is 0 Å². The van der Waals surface area contributed by atoms with Crippen molar-refractivity contribution in [1.82, 2.24) is 9.55 Å². The lowest BCUT2D eigenvalue weighted by Gasteiger charge is -2.25. The number of esters is 1. The topological polar surface area (TPSA) is 150 Å². The van der Waals surface area contributed by atoms with Gasteiger partial charge in [-0.2, -0.15) is 0 Å². The molecule has 2 heterocycles. The number of fused-ring (bicyclic) bond motifs is 1. The van der Waals surface area contributed by atoms with Crippen LogP contribution in [-0.2, 0) is 22.7 Å². The van der Waals surface area contributed by atoms with E-state index in [0.29, 0.717) is 10.7 Å². The van der Waals surface area contributed by atoms with Crippen LogP contribution in [0.4, 0.5) is 0 Å². The molecular weight excluding hydrogens is 465 g/mol. The molecule has 0 aliphatic carbocycles. The number of oxazole rings is 1. The lowest BCUT2D eigenvalue weighted by Crippen LogP contribution is -2.56. The van der Waals surface area contributed by atoms with Crippen LogP contribution in [0.3, 0.4) is 0 Å². The van der Waals surface area contributed by atoms with Gasteiger partial charge < -0.3 is 29.8 Å². The quantitative estimate of drug-likeness (QED) is 0.286. The number of nitrogens with zero attached hydrogens (tertiary/aromatic N) is 2. The van der Waals surface area contributed by atoms with Crippen molar-refractivity contribution in [2.45, 2.75) is 25.1 Å². The van der Waals surface area contributed by atoms with Gasteiger partial charge in [-0.25, -0.2) is 9.59 Å². The Morgan fingerprint density at radius 3 is 2.72 bits per heavy atom. The number of aliphatic hydroxyl groups is 2. The van der Waals surface area contributed by atoms with E-state index in [0.717, 1.165) is 4.57 Å². The number of carbonyl (C=O) groups excluding carboxylic acids is 1. The molecular formula is C20H21Cl2N3O7. The molecule has 1 aromatic carbocycles. The second-order valence-electron chi connectivity index (χ2n) is 6.99. The zero-order chi connectivity index (χ0) is 23.3. The first-order valence-electron chi connectivity index (χ1n) is 9.51. The van der Waals surface area contributed by atoms with E-state index in [2.05, 4.69) is 4.98 Å². The molecule has 0 bridgehead atoms. The first-order chi connectivity index (χ1) is 15.3. The second-order valence-corrected chi connectivity index (χ2v) is 7.83. The lowest BCUT2D eigenvalue weighted by molar-refractivity contribution is -0.152. The molecule has 0 amide bonds. The predicted octanol–water partition coefficient (Wildman–Crippen LogP) is 1.49. The van der Waals surface area contributed by atoms with Crippen molar-refractivity contribution in [1.29, 1.82) is 0 Å². The van der Waals surface area contributed by atoms with Gasteiger partial charge in [0, 0.05) is 25.3 Å². The van der Waals surface area contributed by atoms with E-state index in [1.54, 1.807) is 12.1 Å². The first kappa shape index (κ1) is 24.0. The maximum absolute atomic E-state index is 12.4. The molecule has 3 rings (SSSR count). The summed E-state index contributed by atoms with van der Waals surface area (Å²) in [5, 5.41) is 19.2. The smallest absolute Gasteiger partial charge is 0.420 e. The van der Waals surface area contributed by atoms with Crippen LogP contribution in [0.5, 0.6) is 5.75 Å². The highest BCUT2D eigenvalue weighted by Crippen LogP contribution is 2.31. The molecule has 4 N–H and O–H groups in total. The van der Waals surface area contributed by atoms with Crippen molar-refractivity contribution in [2.75, 3.05) is 19.8 Å². The SMILES string of the molecule is NC(CO)(Cn1c(=O)oc2cc(OCc3ccc(Cl)cn3)c(Cl)cc21)C(=O)OCCCO. The number of aromatic nitrogens is 2. The third-order valence-electron chi connectivity index (χ3n) is 4.55. The number of halogens is 2. The Hall–Kier alpha value is -2.63. The zero-order valence-corrected chi connectivity index (χ0v) is 18.3. The highest BCUT2D eigenvalue weighted by atomic mass is 35.5. The summed E-state index contributed by atoms with van der Waals surface area (Å²) >= 11 is 12.1. The van der Waals surface area contributed by atoms with Crippen LogP contribution in [0, 0.1) is 0 Å². The van der Waals surface area contributed by atoms with Gasteiger partial charge in [0.2, 0.25) is 0 Å². The summed E-state index contributed by atoms with van der Waals surface area (Å²) in [4.78, 5) is 28.9. The Bertz CT molecular complexity index is 1150. The van der Waals surface area contributed by atoms with Crippen LogP contribution in [0.2, 0.25) is 10.0 Å². The van der Waals surface area contributed by atoms with E-state index in [1.807, 2.05) is 0 Å². The van der Waals surface area contributed by atoms with E-state index in [-0.39, 0.29) is 48.1 Å². The van der Waals surface area contributed by atoms with E-state index >= 15 is 0 Å². The van der Waals surface area contributed by atoms with Gasteiger partial charge in [0.1, 0.15) is 12.4 Å². The van der Waals surface area contributed by atoms with Crippen LogP contribution in [0.15, 0.2) is 39.7 Å². The summed E-state index contributed by atoms with van der Waals surface area (Å²) in [5.41, 5.74) is 5.11. The Kier molecular flexibility index (Phi) is 7.75. The van der Waals surface area contributed by atoms with E-state index < -0.39 is 30.4 Å². The van der Waals surface area contributed by atoms with Crippen LogP contribution in [0.1, 0.15) is 12.1 Å². The van der Waals surface area contributed by atoms with Crippen molar-refractivity contribution in [3.8, 4) is 5.75 Å². The molecule has 0 aliphatic heterocycles. The Morgan fingerprint density at radius 2 is 2.06 bits per heavy atom. The minimum absolute atomic E-state index is 0.0790. The molecule has 2 aromatic heterocycles. The van der Waals surface area contributed by atoms with Crippen LogP contribution in [-0.4, -0.2) is 51.1 Å². The van der Waals surface area contributed by atoms with Crippen molar-refractivity contribution in [2.24, 2.45) is 5.73 Å². The van der Waals surface area contributed by atoms with Gasteiger partial charge in [-0.05, 0) is 18.2 Å². The van der Waals surface area contributed by atoms with Gasteiger partial charge in [-0.1, -0.05) is 23.2 Å². The molecule has 0 fully saturated rings. The molecule has 0 saturated carbocycles. The lowest BCUT2D eigenvalue weighted by atomic mass is 10.0. The number of hydrogen-bond acceptors (Lipinski definition) is 9. The number of nitrogens with two attached hydrogens (primary N) is 1. The second kappa shape index (κ2) is 10.3. The normalized spacial score (nSPS) is 13.2. The van der Waals surface area contributed by atoms with Crippen molar-refractivity contribution >= 4 is 40.3 Å². The van der Waals surface area contributed by atoms with Crippen molar-refractivity contribution < 1.29 is 28.9 Å². The molecule has 0 aliphatic rings. The fourth-order valence-electron chi connectivity index (χ4n) is 2.80. The van der Waals surface area contributed by atoms with Crippen LogP contribution >= 0.6 is 23.2 Å². The maximum atomic E-state index is 12.4. The van der Waals surface area contributed by atoms with Gasteiger partial charge >= 0.3 is 11.7 Å². The number of hydrogen-bond donors (Lipinski definition) is 3. The molecule has 172 valence electrons. The molecule has 10 nitrogen and oxygen atoms in total. The molecule has 12 heteroatoms. The first-order valence-corrected chi connectivity index (χ1v) is 10.3. The molecule has 1 unspecified atom stereocenters. The summed E-state index contributed by atoms with van der Waals surface area (Å²) in [6.07, 6.45) is 1.70. The molecule has 0 radical (unpaired) electrons. The fourth-order valence-corrected chi connectivity index (χ4v) is 3.13. The number of ether oxygens (including phenoxy) is 2. The van der Waals surface area contributed by atoms with E-state index in [1.165, 1.54) is 18.3 Å². The van der Waals surface area contributed by atoms with Crippen molar-refractivity contribution in [3.05, 3.63) is 56.8 Å². The third kappa shape index (κ3) is 5.40. The largest absolute Gasteiger partial charge is 0.486 e. The van der Waals surface area contributed by atoms with Crippen LogP contribution < -0.4 is 16.2 Å². The third-order valence-corrected chi connectivity index (χ3v) is 5.07. The minimum atomic E-state index is -1.90. The Balaban J connectivity index is 1.83. The number of pyridine rings is 1. The molecule has 1 atom stereocenters. The van der Waals surface area contributed by atoms with E-state index in [4.69, 9.17) is 47.9 Å². The van der Waals surface area contributed by atoms with Gasteiger partial charge in [0.15, 0.2) is 11.1 Å². The number of benzene rings is 1. The highest BCUT2D eigenvalue weighted by molar-refractivity contribution is 6.32. The predicted molar refractivity (Wildman–Crippen MR) is 116 cm³/mol. The van der Waals surface area contributed by atoms with Crippen LogP contribution in [0.25, 0.3) is 11.1 Å². The molecule has 0 spiro atoms. The average molecular weight is 486 g/mol. The number of aliphatic hydroxyl groups excluding tert-OH is 2. The Morgan fingerprint density at radius 1 is 1.28 bits per heavy atom. The summed E-state index contributed by atoms with van der Waals surface area (Å²) < 4.78 is 17.0.